The van der Waals surface area contributed by atoms with Crippen molar-refractivity contribution < 1.29 is 14.5 Å². The second-order valence-corrected chi connectivity index (χ2v) is 5.01. The van der Waals surface area contributed by atoms with Gasteiger partial charge in [-0.2, -0.15) is 5.10 Å². The first-order valence-corrected chi connectivity index (χ1v) is 7.19. The van der Waals surface area contributed by atoms with Gasteiger partial charge < -0.3 is 4.74 Å². The topological polar surface area (TPSA) is 93.8 Å². The van der Waals surface area contributed by atoms with Crippen molar-refractivity contribution in [1.29, 1.82) is 0 Å². The molecule has 0 unspecified atom stereocenters. The molecule has 0 aliphatic rings. The van der Waals surface area contributed by atoms with Crippen LogP contribution in [0, 0.1) is 10.1 Å². The third-order valence-electron chi connectivity index (χ3n) is 3.38. The van der Waals surface area contributed by atoms with E-state index in [1.807, 2.05) is 18.2 Å². The molecule has 24 heavy (non-hydrogen) atoms. The van der Waals surface area contributed by atoms with E-state index in [0.717, 1.165) is 0 Å². The average Bonchev–Trinajstić information content (AvgIpc) is 2.61. The number of ether oxygens (including phenoxy) is 1. The number of nitro benzene ring substituents is 1. The Bertz CT molecular complexity index is 759. The molecule has 1 N–H and O–H groups in total. The first kappa shape index (κ1) is 17.3. The third kappa shape index (κ3) is 4.23. The maximum absolute atomic E-state index is 12.2. The van der Waals surface area contributed by atoms with Crippen LogP contribution in [-0.4, -0.2) is 23.7 Å². The van der Waals surface area contributed by atoms with E-state index in [2.05, 4.69) is 10.5 Å². The molecular formula is C17H17N3O4. The van der Waals surface area contributed by atoms with Gasteiger partial charge in [-0.15, -0.1) is 0 Å². The molecule has 7 heteroatoms. The minimum atomic E-state index is -0.784. The SMILES string of the molecule is CO[C@@H](C(=O)N/N=C(/C)c1cccc([N+](=O)[O-])c1)c1ccccc1. The van der Waals surface area contributed by atoms with Crippen molar-refractivity contribution in [2.24, 2.45) is 5.10 Å². The second kappa shape index (κ2) is 7.98. The molecule has 0 bridgehead atoms. The van der Waals surface area contributed by atoms with Gasteiger partial charge in [-0.1, -0.05) is 42.5 Å². The highest BCUT2D eigenvalue weighted by Crippen LogP contribution is 2.17. The van der Waals surface area contributed by atoms with Crippen LogP contribution in [0.4, 0.5) is 5.69 Å². The molecule has 0 heterocycles. The number of nitrogens with one attached hydrogen (secondary N) is 1. The number of carbonyl (C=O) groups is 1. The molecule has 2 aromatic carbocycles. The predicted molar refractivity (Wildman–Crippen MR) is 89.6 cm³/mol. The zero-order valence-corrected chi connectivity index (χ0v) is 13.3. The number of rotatable bonds is 6. The van der Waals surface area contributed by atoms with Gasteiger partial charge in [0.25, 0.3) is 11.6 Å². The maximum Gasteiger partial charge on any atom is 0.273 e. The number of benzene rings is 2. The van der Waals surface area contributed by atoms with E-state index >= 15 is 0 Å². The van der Waals surface area contributed by atoms with Crippen LogP contribution in [0.5, 0.6) is 0 Å². The van der Waals surface area contributed by atoms with Crippen LogP contribution in [0.2, 0.25) is 0 Å². The maximum atomic E-state index is 12.2. The Hall–Kier alpha value is -3.06. The number of nitrogens with zero attached hydrogens (tertiary/aromatic N) is 2. The van der Waals surface area contributed by atoms with Gasteiger partial charge in [-0.25, -0.2) is 5.43 Å². The Balaban J connectivity index is 2.12. The average molecular weight is 327 g/mol. The highest BCUT2D eigenvalue weighted by atomic mass is 16.6. The smallest absolute Gasteiger partial charge is 0.273 e. The minimum absolute atomic E-state index is 0.0348. The standard InChI is InChI=1S/C17H17N3O4/c1-12(14-9-6-10-15(11-14)20(22)23)18-19-17(21)16(24-2)13-7-4-3-5-8-13/h3-11,16H,1-2H3,(H,19,21)/b18-12-/t16-/m1/s1. The number of hydrogen-bond acceptors (Lipinski definition) is 5. The van der Waals surface area contributed by atoms with Gasteiger partial charge in [0.2, 0.25) is 0 Å². The molecule has 0 saturated carbocycles. The summed E-state index contributed by atoms with van der Waals surface area (Å²) in [4.78, 5) is 22.6. The Morgan fingerprint density at radius 1 is 1.21 bits per heavy atom. The molecule has 0 saturated heterocycles. The van der Waals surface area contributed by atoms with Gasteiger partial charge >= 0.3 is 0 Å². The number of carbonyl (C=O) groups excluding carboxylic acids is 1. The lowest BCUT2D eigenvalue weighted by atomic mass is 10.1. The number of amides is 1. The lowest BCUT2D eigenvalue weighted by Crippen LogP contribution is -2.27. The zero-order valence-electron chi connectivity index (χ0n) is 13.3. The van der Waals surface area contributed by atoms with E-state index in [0.29, 0.717) is 16.8 Å². The highest BCUT2D eigenvalue weighted by molar-refractivity contribution is 5.99. The first-order valence-electron chi connectivity index (χ1n) is 7.19. The van der Waals surface area contributed by atoms with Crippen LogP contribution in [0.25, 0.3) is 0 Å². The van der Waals surface area contributed by atoms with E-state index in [1.54, 1.807) is 31.2 Å². The lowest BCUT2D eigenvalue weighted by Gasteiger charge is -2.13. The Labute approximate surface area is 139 Å². The fraction of sp³-hybridized carbons (Fsp3) is 0.176. The van der Waals surface area contributed by atoms with Gasteiger partial charge in [0.05, 0.1) is 10.6 Å². The molecule has 124 valence electrons. The van der Waals surface area contributed by atoms with Crippen molar-refractivity contribution in [3.05, 3.63) is 75.8 Å². The fourth-order valence-electron chi connectivity index (χ4n) is 2.13. The number of non-ortho nitro benzene ring substituents is 1. The van der Waals surface area contributed by atoms with Crippen molar-refractivity contribution >= 4 is 17.3 Å². The molecular weight excluding hydrogens is 310 g/mol. The Kier molecular flexibility index (Phi) is 5.75. The molecule has 0 aliphatic carbocycles. The van der Waals surface area contributed by atoms with Gasteiger partial charge in [0.15, 0.2) is 6.10 Å². The van der Waals surface area contributed by atoms with E-state index in [4.69, 9.17) is 4.74 Å². The van der Waals surface area contributed by atoms with Gasteiger partial charge in [-0.3, -0.25) is 14.9 Å². The molecule has 0 aliphatic heterocycles. The number of nitro groups is 1. The van der Waals surface area contributed by atoms with E-state index in [1.165, 1.54) is 19.2 Å². The van der Waals surface area contributed by atoms with Crippen molar-refractivity contribution in [2.75, 3.05) is 7.11 Å². The number of methoxy groups -OCH3 is 1. The first-order chi connectivity index (χ1) is 11.5. The summed E-state index contributed by atoms with van der Waals surface area (Å²) >= 11 is 0. The van der Waals surface area contributed by atoms with E-state index in [-0.39, 0.29) is 5.69 Å². The summed E-state index contributed by atoms with van der Waals surface area (Å²) in [5.41, 5.74) is 4.12. The number of hydrogen-bond donors (Lipinski definition) is 1. The zero-order chi connectivity index (χ0) is 17.5. The molecule has 7 nitrogen and oxygen atoms in total. The van der Waals surface area contributed by atoms with Crippen molar-refractivity contribution in [3.63, 3.8) is 0 Å². The number of hydrazone groups is 1. The largest absolute Gasteiger partial charge is 0.367 e. The van der Waals surface area contributed by atoms with Gasteiger partial charge in [-0.05, 0) is 12.5 Å². The van der Waals surface area contributed by atoms with Crippen molar-refractivity contribution in [3.8, 4) is 0 Å². The highest BCUT2D eigenvalue weighted by Gasteiger charge is 2.19. The van der Waals surface area contributed by atoms with E-state index < -0.39 is 16.9 Å². The van der Waals surface area contributed by atoms with Crippen molar-refractivity contribution in [2.45, 2.75) is 13.0 Å². The van der Waals surface area contributed by atoms with Gasteiger partial charge in [0, 0.05) is 24.8 Å². The molecule has 1 amide bonds. The molecule has 0 radical (unpaired) electrons. The van der Waals surface area contributed by atoms with Crippen LogP contribution < -0.4 is 5.43 Å². The summed E-state index contributed by atoms with van der Waals surface area (Å²) in [6, 6.07) is 15.1. The second-order valence-electron chi connectivity index (χ2n) is 5.01. The van der Waals surface area contributed by atoms with E-state index in [9.17, 15) is 14.9 Å². The third-order valence-corrected chi connectivity index (χ3v) is 3.38. The predicted octanol–water partition coefficient (Wildman–Crippen LogP) is 2.82. The quantitative estimate of drug-likeness (QED) is 0.501. The molecule has 2 aromatic rings. The summed E-state index contributed by atoms with van der Waals surface area (Å²) in [7, 11) is 1.44. The minimum Gasteiger partial charge on any atom is -0.367 e. The van der Waals surface area contributed by atoms with Crippen LogP contribution in [0.3, 0.4) is 0 Å². The normalized spacial score (nSPS) is 12.5. The molecule has 0 fully saturated rings. The van der Waals surface area contributed by atoms with Crippen LogP contribution in [0.1, 0.15) is 24.2 Å². The molecule has 2 rings (SSSR count). The van der Waals surface area contributed by atoms with Crippen LogP contribution >= 0.6 is 0 Å². The summed E-state index contributed by atoms with van der Waals surface area (Å²) in [6.45, 7) is 1.66. The Morgan fingerprint density at radius 2 is 1.92 bits per heavy atom. The van der Waals surface area contributed by atoms with Crippen LogP contribution in [-0.2, 0) is 9.53 Å². The lowest BCUT2D eigenvalue weighted by molar-refractivity contribution is -0.384. The van der Waals surface area contributed by atoms with Crippen LogP contribution in [0.15, 0.2) is 59.7 Å². The summed E-state index contributed by atoms with van der Waals surface area (Å²) in [5.74, 6) is -0.423. The Morgan fingerprint density at radius 3 is 2.54 bits per heavy atom. The molecule has 0 spiro atoms. The monoisotopic (exact) mass is 327 g/mol. The van der Waals surface area contributed by atoms with Gasteiger partial charge in [0.1, 0.15) is 0 Å². The fourth-order valence-corrected chi connectivity index (χ4v) is 2.13. The molecule has 1 atom stereocenters. The molecule has 0 aromatic heterocycles. The summed E-state index contributed by atoms with van der Waals surface area (Å²) in [5, 5.41) is 14.8. The summed E-state index contributed by atoms with van der Waals surface area (Å²) in [6.07, 6.45) is -0.784. The summed E-state index contributed by atoms with van der Waals surface area (Å²) < 4.78 is 5.22. The van der Waals surface area contributed by atoms with Crippen molar-refractivity contribution in [1.82, 2.24) is 5.43 Å².